The molecule has 0 N–H and O–H groups in total. The number of hydrogen-bond acceptors (Lipinski definition) is 6. The fourth-order valence-corrected chi connectivity index (χ4v) is 18.6. The SMILES string of the molecule is CC(C)(C)c1cccc2c1oc1c(N(c3cccc(-c4ccccc4)c3)c3cc4c(c5oc6ccccc6c35)-c3c(cc(N(c5ccccc5-c5ccccc5)c5cccc6c5oc5c(C(C)(C)C)cccc56)c5c3oc3ccccc35)C43c4ccccc4-n4c5ccccc5c5cccc3c54)cccc12. The van der Waals surface area contributed by atoms with Crippen molar-refractivity contribution in [2.24, 2.45) is 0 Å². The zero-order chi connectivity index (χ0) is 70.6. The monoisotopic (exact) mass is 1360 g/mol. The van der Waals surface area contributed by atoms with E-state index in [1.165, 1.54) is 10.8 Å². The minimum atomic E-state index is -1.11. The molecule has 22 rings (SSSR count). The van der Waals surface area contributed by atoms with Gasteiger partial charge in [-0.3, -0.25) is 0 Å². The lowest BCUT2D eigenvalue weighted by Gasteiger charge is -2.40. The summed E-state index contributed by atoms with van der Waals surface area (Å²) < 4.78 is 33.5. The summed E-state index contributed by atoms with van der Waals surface area (Å²) in [6.07, 6.45) is 0. The maximum Gasteiger partial charge on any atom is 0.159 e. The van der Waals surface area contributed by atoms with Gasteiger partial charge in [-0.2, -0.15) is 0 Å². The van der Waals surface area contributed by atoms with Gasteiger partial charge in [0.25, 0.3) is 0 Å². The Morgan fingerprint density at radius 3 is 1.36 bits per heavy atom. The van der Waals surface area contributed by atoms with Gasteiger partial charge in [-0.1, -0.05) is 284 Å². The van der Waals surface area contributed by atoms with Gasteiger partial charge in [-0.05, 0) is 117 Å². The lowest BCUT2D eigenvalue weighted by molar-refractivity contribution is 0.572. The summed E-state index contributed by atoms with van der Waals surface area (Å²) in [7, 11) is 0. The quantitative estimate of drug-likeness (QED) is 0.151. The highest BCUT2D eigenvalue weighted by Gasteiger charge is 2.55. The first kappa shape index (κ1) is 60.5. The fourth-order valence-electron chi connectivity index (χ4n) is 18.6. The third-order valence-corrected chi connectivity index (χ3v) is 23.0. The van der Waals surface area contributed by atoms with Crippen LogP contribution in [0.15, 0.2) is 327 Å². The summed E-state index contributed by atoms with van der Waals surface area (Å²) in [5.74, 6) is 0. The molecule has 1 aliphatic heterocycles. The zero-order valence-corrected chi connectivity index (χ0v) is 59.4. The van der Waals surface area contributed by atoms with E-state index in [0.29, 0.717) is 0 Å². The molecule has 7 nitrogen and oxygen atoms in total. The Hall–Kier alpha value is -13.1. The summed E-state index contributed by atoms with van der Waals surface area (Å²) >= 11 is 0. The van der Waals surface area contributed by atoms with E-state index in [1.807, 2.05) is 0 Å². The van der Waals surface area contributed by atoms with Gasteiger partial charge < -0.3 is 32.0 Å². The van der Waals surface area contributed by atoms with Crippen LogP contribution in [-0.4, -0.2) is 4.57 Å². The third kappa shape index (κ3) is 8.28. The lowest BCUT2D eigenvalue weighted by Crippen LogP contribution is -2.34. The van der Waals surface area contributed by atoms with Crippen molar-refractivity contribution < 1.29 is 17.7 Å². The molecule has 0 bridgehead atoms. The van der Waals surface area contributed by atoms with Crippen LogP contribution in [0.5, 0.6) is 0 Å². The molecule has 1 atom stereocenters. The number of benzene rings is 15. The predicted molar refractivity (Wildman–Crippen MR) is 438 cm³/mol. The van der Waals surface area contributed by atoms with Crippen molar-refractivity contribution in [2.75, 3.05) is 9.80 Å². The van der Waals surface area contributed by atoms with E-state index in [-0.39, 0.29) is 10.8 Å². The Bertz CT molecular complexity index is 7130. The van der Waals surface area contributed by atoms with E-state index in [1.54, 1.807) is 0 Å². The minimum absolute atomic E-state index is 0.211. The summed E-state index contributed by atoms with van der Waals surface area (Å²) in [6, 6.07) is 113. The highest BCUT2D eigenvalue weighted by atomic mass is 16.3. The van der Waals surface area contributed by atoms with Gasteiger partial charge in [0.05, 0.1) is 61.3 Å². The van der Waals surface area contributed by atoms with Crippen LogP contribution in [0.1, 0.15) is 74.9 Å². The van der Waals surface area contributed by atoms with Crippen LogP contribution >= 0.6 is 0 Å². The molecule has 0 amide bonds. The molecular weight excluding hydrogens is 1300 g/mol. The zero-order valence-electron chi connectivity index (χ0n) is 59.4. The number of fused-ring (bicyclic) bond motifs is 26. The molecule has 7 heteroatoms. The van der Waals surface area contributed by atoms with Crippen molar-refractivity contribution >= 4 is 144 Å². The highest BCUT2D eigenvalue weighted by Crippen LogP contribution is 2.68. The maximum absolute atomic E-state index is 7.92. The Morgan fingerprint density at radius 1 is 0.292 bits per heavy atom. The molecule has 0 saturated carbocycles. The second-order valence-corrected chi connectivity index (χ2v) is 30.9. The predicted octanol–water partition coefficient (Wildman–Crippen LogP) is 27.9. The first-order chi connectivity index (χ1) is 51.9. The normalized spacial score (nSPS) is 14.2. The summed E-state index contributed by atoms with van der Waals surface area (Å²) in [6.45, 7) is 13.6. The van der Waals surface area contributed by atoms with Crippen LogP contribution in [-0.2, 0) is 16.2 Å². The molecule has 1 spiro atoms. The molecule has 20 aromatic rings. The molecular formula is C99H69N3O4. The first-order valence-corrected chi connectivity index (χ1v) is 36.8. The molecule has 1 aliphatic carbocycles. The second kappa shape index (κ2) is 22.0. The number of anilines is 6. The van der Waals surface area contributed by atoms with Gasteiger partial charge in [0.15, 0.2) is 11.2 Å². The Labute approximate surface area is 611 Å². The summed E-state index contributed by atoms with van der Waals surface area (Å²) in [4.78, 5) is 4.98. The van der Waals surface area contributed by atoms with E-state index in [4.69, 9.17) is 17.7 Å². The van der Waals surface area contributed by atoms with Gasteiger partial charge in [0.2, 0.25) is 0 Å². The number of rotatable bonds is 8. The molecule has 0 saturated heterocycles. The summed E-state index contributed by atoms with van der Waals surface area (Å²) in [5, 5.41) is 10.4. The molecule has 5 aromatic heterocycles. The first-order valence-electron chi connectivity index (χ1n) is 36.8. The van der Waals surface area contributed by atoms with Crippen molar-refractivity contribution in [3.8, 4) is 39.1 Å². The number of para-hydroxylation sites is 10. The number of nitrogens with zero attached hydrogens (tertiary/aromatic N) is 3. The van der Waals surface area contributed by atoms with Crippen molar-refractivity contribution in [3.63, 3.8) is 0 Å². The molecule has 504 valence electrons. The topological polar surface area (TPSA) is 64.0 Å². The van der Waals surface area contributed by atoms with Crippen LogP contribution in [0.2, 0.25) is 0 Å². The van der Waals surface area contributed by atoms with E-state index in [9.17, 15) is 0 Å². The standard InChI is InChI=1S/C99H69N3O4/c1-97(2,3)73-46-25-40-65-67-42-27-51-80(93(67)105-91(65)73)100(61-34-23-33-60(55-61)58-29-9-7-10-30-58)82-56-75-88(95-86(82)69-37-15-21-53-84(69)103-95)89-76(99(75)71-44-17-20-50-79(71)102-78-49-19-14-36-63(78)64-39-24-45-72(99)90(64)102)57-83(87-70-38-16-22-54-85(70)104-96(87)89)101(77-48-18-13-35-62(77)59-31-11-8-12-32-59)81-52-28-43-68-66-41-26-47-74(98(4,5)6)92(66)106-94(68)81/h7-57H,1-6H3. The number of furan rings is 4. The Kier molecular flexibility index (Phi) is 12.5. The molecule has 0 radical (unpaired) electrons. The third-order valence-electron chi connectivity index (χ3n) is 23.0. The largest absolute Gasteiger partial charge is 0.455 e. The molecule has 6 heterocycles. The van der Waals surface area contributed by atoms with Gasteiger partial charge in [-0.15, -0.1) is 0 Å². The molecule has 0 fully saturated rings. The van der Waals surface area contributed by atoms with Crippen LogP contribution in [0.25, 0.3) is 149 Å². The van der Waals surface area contributed by atoms with Crippen LogP contribution in [0.4, 0.5) is 34.1 Å². The maximum atomic E-state index is 7.92. The van der Waals surface area contributed by atoms with Crippen molar-refractivity contribution in [1.82, 2.24) is 4.57 Å². The van der Waals surface area contributed by atoms with Gasteiger partial charge in [-0.25, -0.2) is 0 Å². The fraction of sp³-hybridized carbons (Fsp3) is 0.0909. The van der Waals surface area contributed by atoms with E-state index in [2.05, 4.69) is 365 Å². The molecule has 106 heavy (non-hydrogen) atoms. The van der Waals surface area contributed by atoms with E-state index < -0.39 is 5.41 Å². The average Bonchev–Trinajstić information content (AvgIpc) is 1.52. The second-order valence-electron chi connectivity index (χ2n) is 30.9. The molecule has 2 aliphatic rings. The lowest BCUT2D eigenvalue weighted by atomic mass is 9.65. The van der Waals surface area contributed by atoms with Crippen LogP contribution in [0.3, 0.4) is 0 Å². The average molecular weight is 1360 g/mol. The van der Waals surface area contributed by atoms with Gasteiger partial charge >= 0.3 is 0 Å². The van der Waals surface area contributed by atoms with Crippen molar-refractivity contribution in [2.45, 2.75) is 57.8 Å². The van der Waals surface area contributed by atoms with Crippen molar-refractivity contribution in [1.29, 1.82) is 0 Å². The number of hydrogen-bond donors (Lipinski definition) is 0. The molecule has 1 unspecified atom stereocenters. The molecule has 15 aromatic carbocycles. The van der Waals surface area contributed by atoms with Crippen molar-refractivity contribution in [3.05, 3.63) is 343 Å². The Balaban J connectivity index is 0.948. The van der Waals surface area contributed by atoms with Gasteiger partial charge in [0, 0.05) is 76.6 Å². The van der Waals surface area contributed by atoms with Crippen LogP contribution < -0.4 is 9.80 Å². The van der Waals surface area contributed by atoms with E-state index >= 15 is 0 Å². The smallest absolute Gasteiger partial charge is 0.159 e. The number of aromatic nitrogens is 1. The van der Waals surface area contributed by atoms with Crippen LogP contribution in [0, 0.1) is 0 Å². The Morgan fingerprint density at radius 2 is 0.736 bits per heavy atom. The van der Waals surface area contributed by atoms with Gasteiger partial charge in [0.1, 0.15) is 33.5 Å². The highest BCUT2D eigenvalue weighted by molar-refractivity contribution is 6.27. The minimum Gasteiger partial charge on any atom is -0.455 e. The van der Waals surface area contributed by atoms with E-state index in [0.717, 1.165) is 205 Å². The summed E-state index contributed by atoms with van der Waals surface area (Å²) in [5.41, 5.74) is 26.7.